The van der Waals surface area contributed by atoms with Gasteiger partial charge in [-0.15, -0.1) is 0 Å². The quantitative estimate of drug-likeness (QED) is 0.573. The van der Waals surface area contributed by atoms with Crippen LogP contribution >= 0.6 is 0 Å². The number of ketones is 1. The highest BCUT2D eigenvalue weighted by atomic mass is 16.6. The van der Waals surface area contributed by atoms with E-state index in [2.05, 4.69) is 5.32 Å². The van der Waals surface area contributed by atoms with E-state index in [1.54, 1.807) is 0 Å². The van der Waals surface area contributed by atoms with Crippen LogP contribution in [0, 0.1) is 10.1 Å². The van der Waals surface area contributed by atoms with E-state index in [1.165, 1.54) is 25.1 Å². The Bertz CT molecular complexity index is 584. The van der Waals surface area contributed by atoms with E-state index in [1.807, 2.05) is 0 Å². The molecule has 0 saturated heterocycles. The first-order valence-corrected chi connectivity index (χ1v) is 6.09. The molecule has 0 aromatic heterocycles. The minimum absolute atomic E-state index is 0.0155. The van der Waals surface area contributed by atoms with Crippen molar-refractivity contribution in [1.29, 1.82) is 0 Å². The van der Waals surface area contributed by atoms with Gasteiger partial charge in [0.25, 0.3) is 11.6 Å². The summed E-state index contributed by atoms with van der Waals surface area (Å²) in [7, 11) is 0. The van der Waals surface area contributed by atoms with Crippen molar-refractivity contribution in [2.24, 2.45) is 0 Å². The van der Waals surface area contributed by atoms with Gasteiger partial charge in [0, 0.05) is 24.1 Å². The fraction of sp³-hybridized carbons (Fsp3) is 0.308. The van der Waals surface area contributed by atoms with Gasteiger partial charge in [-0.1, -0.05) is 6.07 Å². The van der Waals surface area contributed by atoms with Crippen LogP contribution in [0.25, 0.3) is 0 Å². The molecule has 0 spiro atoms. The van der Waals surface area contributed by atoms with Crippen LogP contribution in [0.15, 0.2) is 24.3 Å². The summed E-state index contributed by atoms with van der Waals surface area (Å²) in [5.41, 5.74) is -0.281. The van der Waals surface area contributed by atoms with Crippen LogP contribution in [-0.4, -0.2) is 33.7 Å². The lowest BCUT2D eigenvalue weighted by Gasteiger charge is -2.13. The number of carbonyl (C=O) groups excluding carboxylic acids is 2. The van der Waals surface area contributed by atoms with Gasteiger partial charge in [-0.2, -0.15) is 0 Å². The third-order valence-electron chi connectivity index (χ3n) is 2.71. The Morgan fingerprint density at radius 2 is 2.05 bits per heavy atom. The second kappa shape index (κ2) is 7.13. The van der Waals surface area contributed by atoms with E-state index >= 15 is 0 Å². The normalized spacial score (nSPS) is 11.5. The Balaban J connectivity index is 2.82. The van der Waals surface area contributed by atoms with Crippen molar-refractivity contribution in [2.75, 3.05) is 0 Å². The largest absolute Gasteiger partial charge is 0.480 e. The zero-order valence-corrected chi connectivity index (χ0v) is 11.2. The van der Waals surface area contributed by atoms with Gasteiger partial charge in [0.1, 0.15) is 11.8 Å². The summed E-state index contributed by atoms with van der Waals surface area (Å²) in [5, 5.41) is 21.9. The molecule has 2 N–H and O–H groups in total. The number of non-ortho nitro benzene ring substituents is 1. The second-order valence-electron chi connectivity index (χ2n) is 4.41. The number of hydrogen-bond acceptors (Lipinski definition) is 5. The summed E-state index contributed by atoms with van der Waals surface area (Å²) in [6.07, 6.45) is -0.0164. The van der Waals surface area contributed by atoms with Crippen molar-refractivity contribution in [1.82, 2.24) is 5.32 Å². The number of rotatable bonds is 7. The number of nitrogens with one attached hydrogen (secondary N) is 1. The van der Waals surface area contributed by atoms with Crippen LogP contribution < -0.4 is 5.32 Å². The number of benzene rings is 1. The van der Waals surface area contributed by atoms with Gasteiger partial charge in [0.05, 0.1) is 4.92 Å². The zero-order valence-electron chi connectivity index (χ0n) is 11.2. The fourth-order valence-corrected chi connectivity index (χ4v) is 1.61. The summed E-state index contributed by atoms with van der Waals surface area (Å²) >= 11 is 0. The molecule has 1 atom stereocenters. The number of nitro groups is 1. The van der Waals surface area contributed by atoms with E-state index in [4.69, 9.17) is 5.11 Å². The number of aliphatic carboxylic acids is 1. The Morgan fingerprint density at radius 3 is 2.57 bits per heavy atom. The molecule has 1 rings (SSSR count). The minimum atomic E-state index is -1.27. The van der Waals surface area contributed by atoms with Gasteiger partial charge < -0.3 is 15.2 Å². The number of carboxylic acids is 1. The molecular formula is C13H14N2O6. The van der Waals surface area contributed by atoms with Gasteiger partial charge in [-0.25, -0.2) is 4.79 Å². The fourth-order valence-electron chi connectivity index (χ4n) is 1.61. The van der Waals surface area contributed by atoms with Gasteiger partial charge >= 0.3 is 5.97 Å². The number of hydrogen-bond donors (Lipinski definition) is 2. The molecule has 1 aromatic rings. The van der Waals surface area contributed by atoms with Crippen molar-refractivity contribution in [3.05, 3.63) is 39.9 Å². The van der Waals surface area contributed by atoms with Gasteiger partial charge in [-0.3, -0.25) is 14.9 Å². The SMILES string of the molecule is CC(=O)CC[C@@H](NC(=O)c1cccc([N+](=O)[O-])c1)C(=O)O. The molecule has 0 aliphatic carbocycles. The van der Waals surface area contributed by atoms with Crippen LogP contribution in [-0.2, 0) is 9.59 Å². The molecule has 0 heterocycles. The van der Waals surface area contributed by atoms with E-state index < -0.39 is 22.8 Å². The molecule has 8 heteroatoms. The molecule has 0 aliphatic heterocycles. The molecular weight excluding hydrogens is 280 g/mol. The standard InChI is InChI=1S/C13H14N2O6/c1-8(16)5-6-11(13(18)19)14-12(17)9-3-2-4-10(7-9)15(20)21/h2-4,7,11H,5-6H2,1H3,(H,14,17)(H,18,19)/t11-/m1/s1. The van der Waals surface area contributed by atoms with Crippen LogP contribution in [0.2, 0.25) is 0 Å². The van der Waals surface area contributed by atoms with Gasteiger partial charge in [-0.05, 0) is 19.4 Å². The number of amides is 1. The number of nitro benzene ring substituents is 1. The van der Waals surface area contributed by atoms with E-state index in [9.17, 15) is 24.5 Å². The summed E-state index contributed by atoms with van der Waals surface area (Å²) in [5.74, 6) is -2.20. The summed E-state index contributed by atoms with van der Waals surface area (Å²) in [6.45, 7) is 1.32. The Labute approximate surface area is 119 Å². The maximum absolute atomic E-state index is 11.9. The third-order valence-corrected chi connectivity index (χ3v) is 2.71. The maximum Gasteiger partial charge on any atom is 0.326 e. The van der Waals surface area contributed by atoms with E-state index in [0.29, 0.717) is 0 Å². The van der Waals surface area contributed by atoms with Crippen molar-refractivity contribution >= 4 is 23.3 Å². The van der Waals surface area contributed by atoms with Crippen LogP contribution in [0.1, 0.15) is 30.1 Å². The molecule has 0 radical (unpaired) electrons. The van der Waals surface area contributed by atoms with Crippen molar-refractivity contribution < 1.29 is 24.4 Å². The van der Waals surface area contributed by atoms with Crippen molar-refractivity contribution in [3.63, 3.8) is 0 Å². The van der Waals surface area contributed by atoms with Crippen LogP contribution in [0.4, 0.5) is 5.69 Å². The highest BCUT2D eigenvalue weighted by Crippen LogP contribution is 2.13. The monoisotopic (exact) mass is 294 g/mol. The molecule has 0 unspecified atom stereocenters. The average molecular weight is 294 g/mol. The van der Waals surface area contributed by atoms with E-state index in [0.717, 1.165) is 6.07 Å². The third kappa shape index (κ3) is 5.01. The first kappa shape index (κ1) is 16.3. The molecule has 1 amide bonds. The first-order valence-electron chi connectivity index (χ1n) is 6.09. The predicted octanol–water partition coefficient (Wildman–Crippen LogP) is 1.15. The highest BCUT2D eigenvalue weighted by Gasteiger charge is 2.21. The lowest BCUT2D eigenvalue weighted by molar-refractivity contribution is -0.384. The Morgan fingerprint density at radius 1 is 1.38 bits per heavy atom. The lowest BCUT2D eigenvalue weighted by Crippen LogP contribution is -2.41. The minimum Gasteiger partial charge on any atom is -0.480 e. The summed E-state index contributed by atoms with van der Waals surface area (Å²) < 4.78 is 0. The van der Waals surface area contributed by atoms with E-state index in [-0.39, 0.29) is 29.9 Å². The Hall–Kier alpha value is -2.77. The first-order chi connectivity index (χ1) is 9.81. The molecule has 112 valence electrons. The summed E-state index contributed by atoms with van der Waals surface area (Å²) in [6, 6.07) is 3.73. The van der Waals surface area contributed by atoms with Gasteiger partial charge in [0.15, 0.2) is 0 Å². The van der Waals surface area contributed by atoms with Gasteiger partial charge in [0.2, 0.25) is 0 Å². The number of nitrogens with zero attached hydrogens (tertiary/aromatic N) is 1. The maximum atomic E-state index is 11.9. The lowest BCUT2D eigenvalue weighted by atomic mass is 10.1. The molecule has 8 nitrogen and oxygen atoms in total. The van der Waals surface area contributed by atoms with Crippen LogP contribution in [0.5, 0.6) is 0 Å². The zero-order chi connectivity index (χ0) is 16.0. The molecule has 0 fully saturated rings. The van der Waals surface area contributed by atoms with Crippen molar-refractivity contribution in [2.45, 2.75) is 25.8 Å². The summed E-state index contributed by atoms with van der Waals surface area (Å²) in [4.78, 5) is 43.8. The smallest absolute Gasteiger partial charge is 0.326 e. The predicted molar refractivity (Wildman–Crippen MR) is 71.9 cm³/mol. The second-order valence-corrected chi connectivity index (χ2v) is 4.41. The molecule has 0 saturated carbocycles. The topological polar surface area (TPSA) is 127 Å². The molecule has 1 aromatic carbocycles. The van der Waals surface area contributed by atoms with Crippen LogP contribution in [0.3, 0.4) is 0 Å². The number of carbonyl (C=O) groups is 3. The van der Waals surface area contributed by atoms with Crippen molar-refractivity contribution in [3.8, 4) is 0 Å². The molecule has 0 bridgehead atoms. The molecule has 21 heavy (non-hydrogen) atoms. The Kier molecular flexibility index (Phi) is 5.53. The number of Topliss-reactive ketones (excluding diaryl/α,β-unsaturated/α-hetero) is 1. The number of carboxylic acid groups (broad SMARTS) is 1. The average Bonchev–Trinajstić information content (AvgIpc) is 2.42. The molecule has 0 aliphatic rings. The highest BCUT2D eigenvalue weighted by molar-refractivity contribution is 5.97.